The van der Waals surface area contributed by atoms with Crippen molar-refractivity contribution in [2.75, 3.05) is 13.7 Å². The summed E-state index contributed by atoms with van der Waals surface area (Å²) in [6.07, 6.45) is 1.70. The highest BCUT2D eigenvalue weighted by atomic mass is 79.9. The molecule has 1 aliphatic rings. The van der Waals surface area contributed by atoms with Crippen molar-refractivity contribution in [3.63, 3.8) is 0 Å². The van der Waals surface area contributed by atoms with Crippen LogP contribution in [0.1, 0.15) is 19.8 Å². The van der Waals surface area contributed by atoms with Crippen LogP contribution >= 0.6 is 15.9 Å². The molecule has 1 aliphatic heterocycles. The van der Waals surface area contributed by atoms with E-state index in [1.807, 2.05) is 6.92 Å². The van der Waals surface area contributed by atoms with Gasteiger partial charge in [-0.3, -0.25) is 0 Å². The summed E-state index contributed by atoms with van der Waals surface area (Å²) in [4.78, 5) is 0.291. The van der Waals surface area contributed by atoms with E-state index in [9.17, 15) is 0 Å². The van der Waals surface area contributed by atoms with Crippen LogP contribution in [0.4, 0.5) is 0 Å². The Labute approximate surface area is 81.5 Å². The van der Waals surface area contributed by atoms with Crippen LogP contribution in [0.2, 0.25) is 0 Å². The molecule has 0 bridgehead atoms. The minimum Gasteiger partial charge on any atom is -0.355 e. The highest BCUT2D eigenvalue weighted by Crippen LogP contribution is 2.25. The molecule has 0 N–H and O–H groups in total. The Bertz CT molecular complexity index is 131. The highest BCUT2D eigenvalue weighted by Gasteiger charge is 2.29. The predicted octanol–water partition coefficient (Wildman–Crippen LogP) is 1.90. The number of alkyl halides is 1. The first-order valence-electron chi connectivity index (χ1n) is 4.21. The van der Waals surface area contributed by atoms with Crippen molar-refractivity contribution in [3.8, 4) is 0 Å². The van der Waals surface area contributed by atoms with Gasteiger partial charge in [0.25, 0.3) is 0 Å². The molecule has 0 amide bonds. The number of halogens is 1. The largest absolute Gasteiger partial charge is 0.355 e. The minimum absolute atomic E-state index is 0.0891. The topological polar surface area (TPSA) is 27.7 Å². The molecule has 3 unspecified atom stereocenters. The Morgan fingerprint density at radius 1 is 1.50 bits per heavy atom. The Morgan fingerprint density at radius 3 is 2.83 bits per heavy atom. The fourth-order valence-electron chi connectivity index (χ4n) is 1.25. The van der Waals surface area contributed by atoms with E-state index >= 15 is 0 Å². The van der Waals surface area contributed by atoms with Crippen LogP contribution in [0, 0.1) is 0 Å². The molecule has 0 aromatic carbocycles. The smallest absolute Gasteiger partial charge is 0.172 e. The van der Waals surface area contributed by atoms with E-state index in [0.717, 1.165) is 12.8 Å². The zero-order chi connectivity index (χ0) is 8.97. The van der Waals surface area contributed by atoms with Gasteiger partial charge in [0.1, 0.15) is 0 Å². The lowest BCUT2D eigenvalue weighted by Crippen LogP contribution is -2.38. The molecular weight excluding hydrogens is 224 g/mol. The van der Waals surface area contributed by atoms with Crippen molar-refractivity contribution in [2.45, 2.75) is 37.2 Å². The van der Waals surface area contributed by atoms with Gasteiger partial charge < -0.3 is 14.2 Å². The molecule has 0 aliphatic carbocycles. The van der Waals surface area contributed by atoms with E-state index in [2.05, 4.69) is 15.9 Å². The van der Waals surface area contributed by atoms with E-state index in [0.29, 0.717) is 11.4 Å². The maximum absolute atomic E-state index is 5.50. The summed E-state index contributed by atoms with van der Waals surface area (Å²) in [5.74, 6) is 0. The second-order valence-electron chi connectivity index (χ2n) is 2.72. The first-order valence-corrected chi connectivity index (χ1v) is 5.13. The van der Waals surface area contributed by atoms with E-state index in [1.165, 1.54) is 0 Å². The third kappa shape index (κ3) is 2.69. The average Bonchev–Trinajstić information content (AvgIpc) is 2.09. The van der Waals surface area contributed by atoms with Crippen LogP contribution < -0.4 is 0 Å². The first kappa shape index (κ1) is 10.4. The normalized spacial score (nSPS) is 36.8. The maximum Gasteiger partial charge on any atom is 0.172 e. The van der Waals surface area contributed by atoms with Crippen molar-refractivity contribution >= 4 is 15.9 Å². The van der Waals surface area contributed by atoms with Crippen molar-refractivity contribution in [2.24, 2.45) is 0 Å². The molecule has 0 aromatic rings. The molecule has 0 spiro atoms. The average molecular weight is 239 g/mol. The molecule has 1 saturated heterocycles. The van der Waals surface area contributed by atoms with Gasteiger partial charge in [-0.1, -0.05) is 15.9 Å². The minimum atomic E-state index is -0.171. The number of ether oxygens (including phenoxy) is 3. The number of hydrogen-bond donors (Lipinski definition) is 0. The second kappa shape index (κ2) is 5.17. The van der Waals surface area contributed by atoms with Crippen LogP contribution in [0.15, 0.2) is 0 Å². The molecular formula is C8H15BrO3. The van der Waals surface area contributed by atoms with Crippen molar-refractivity contribution in [1.82, 2.24) is 0 Å². The standard InChI is InChI=1S/C8H15BrO3/c1-3-11-7-5-4-6(9)8(10-2)12-7/h6-8H,3-5H2,1-2H3. The van der Waals surface area contributed by atoms with Gasteiger partial charge in [0, 0.05) is 13.7 Å². The van der Waals surface area contributed by atoms with Gasteiger partial charge in [-0.05, 0) is 19.8 Å². The van der Waals surface area contributed by atoms with Crippen LogP contribution in [-0.4, -0.2) is 31.1 Å². The Morgan fingerprint density at radius 2 is 2.25 bits per heavy atom. The van der Waals surface area contributed by atoms with Crippen LogP contribution in [0.3, 0.4) is 0 Å². The Kier molecular flexibility index (Phi) is 4.50. The van der Waals surface area contributed by atoms with Crippen molar-refractivity contribution in [3.05, 3.63) is 0 Å². The second-order valence-corrected chi connectivity index (χ2v) is 3.89. The summed E-state index contributed by atoms with van der Waals surface area (Å²) in [6, 6.07) is 0. The third-order valence-electron chi connectivity index (χ3n) is 1.84. The first-order chi connectivity index (χ1) is 5.77. The van der Waals surface area contributed by atoms with Gasteiger partial charge in [0.2, 0.25) is 0 Å². The predicted molar refractivity (Wildman–Crippen MR) is 49.2 cm³/mol. The SMILES string of the molecule is CCOC1CCC(Br)C(OC)O1. The molecule has 0 saturated carbocycles. The summed E-state index contributed by atoms with van der Waals surface area (Å²) in [7, 11) is 1.65. The van der Waals surface area contributed by atoms with Gasteiger partial charge in [-0.2, -0.15) is 0 Å². The number of methoxy groups -OCH3 is 1. The highest BCUT2D eigenvalue weighted by molar-refractivity contribution is 9.09. The Balaban J connectivity index is 2.33. The number of hydrogen-bond acceptors (Lipinski definition) is 3. The molecule has 0 aromatic heterocycles. The van der Waals surface area contributed by atoms with E-state index < -0.39 is 0 Å². The van der Waals surface area contributed by atoms with Crippen LogP contribution in [-0.2, 0) is 14.2 Å². The molecule has 0 radical (unpaired) electrons. The van der Waals surface area contributed by atoms with Gasteiger partial charge in [0.15, 0.2) is 12.6 Å². The van der Waals surface area contributed by atoms with E-state index in [-0.39, 0.29) is 12.6 Å². The fraction of sp³-hybridized carbons (Fsp3) is 1.00. The summed E-state index contributed by atoms with van der Waals surface area (Å²) in [5.41, 5.74) is 0. The summed E-state index contributed by atoms with van der Waals surface area (Å²) < 4.78 is 16.0. The van der Waals surface area contributed by atoms with Gasteiger partial charge >= 0.3 is 0 Å². The van der Waals surface area contributed by atoms with Crippen molar-refractivity contribution in [1.29, 1.82) is 0 Å². The molecule has 1 heterocycles. The van der Waals surface area contributed by atoms with Gasteiger partial charge in [-0.15, -0.1) is 0 Å². The summed E-state index contributed by atoms with van der Waals surface area (Å²) in [6.45, 7) is 2.65. The fourth-order valence-corrected chi connectivity index (χ4v) is 1.85. The van der Waals surface area contributed by atoms with Gasteiger partial charge in [0.05, 0.1) is 4.83 Å². The lowest BCUT2D eigenvalue weighted by Gasteiger charge is -2.32. The van der Waals surface area contributed by atoms with Gasteiger partial charge in [-0.25, -0.2) is 0 Å². The van der Waals surface area contributed by atoms with E-state index in [1.54, 1.807) is 7.11 Å². The van der Waals surface area contributed by atoms with Crippen LogP contribution in [0.25, 0.3) is 0 Å². The third-order valence-corrected chi connectivity index (χ3v) is 2.73. The Hall–Kier alpha value is 0.360. The molecule has 1 rings (SSSR count). The zero-order valence-electron chi connectivity index (χ0n) is 7.46. The molecule has 12 heavy (non-hydrogen) atoms. The molecule has 1 fully saturated rings. The monoisotopic (exact) mass is 238 g/mol. The quantitative estimate of drug-likeness (QED) is 0.704. The molecule has 3 nitrogen and oxygen atoms in total. The molecule has 72 valence electrons. The number of rotatable bonds is 3. The lowest BCUT2D eigenvalue weighted by molar-refractivity contribution is -0.254. The molecule has 4 heteroatoms. The van der Waals surface area contributed by atoms with Crippen LogP contribution in [0.5, 0.6) is 0 Å². The maximum atomic E-state index is 5.50. The van der Waals surface area contributed by atoms with E-state index in [4.69, 9.17) is 14.2 Å². The molecule has 3 atom stereocenters. The lowest BCUT2D eigenvalue weighted by atomic mass is 10.2. The van der Waals surface area contributed by atoms with Crippen molar-refractivity contribution < 1.29 is 14.2 Å². The summed E-state index contributed by atoms with van der Waals surface area (Å²) >= 11 is 3.49. The zero-order valence-corrected chi connectivity index (χ0v) is 9.04. The summed E-state index contributed by atoms with van der Waals surface area (Å²) in [5, 5.41) is 0.